The van der Waals surface area contributed by atoms with Gasteiger partial charge in [0.1, 0.15) is 11.9 Å². The quantitative estimate of drug-likeness (QED) is 0.688. The highest BCUT2D eigenvalue weighted by atomic mass is 16.4. The number of carbonyl (C=O) groups excluding carboxylic acids is 1. The number of hydrogen-bond donors (Lipinski definition) is 2. The van der Waals surface area contributed by atoms with E-state index in [0.29, 0.717) is 25.3 Å². The van der Waals surface area contributed by atoms with Gasteiger partial charge in [0.05, 0.1) is 6.26 Å². The Morgan fingerprint density at radius 3 is 2.94 bits per heavy atom. The van der Waals surface area contributed by atoms with Crippen molar-refractivity contribution in [3.05, 3.63) is 24.2 Å². The first-order valence-electron chi connectivity index (χ1n) is 5.23. The molecule has 0 saturated heterocycles. The normalized spacial score (nSPS) is 12.4. The van der Waals surface area contributed by atoms with Crippen LogP contribution in [-0.4, -0.2) is 43.1 Å². The third-order valence-corrected chi connectivity index (χ3v) is 2.22. The molecule has 1 aromatic rings. The van der Waals surface area contributed by atoms with E-state index in [-0.39, 0.29) is 5.91 Å². The predicted octanol–water partition coefficient (Wildman–Crippen LogP) is 0.381. The van der Waals surface area contributed by atoms with Crippen LogP contribution >= 0.6 is 0 Å². The summed E-state index contributed by atoms with van der Waals surface area (Å²) in [5.41, 5.74) is 0. The fourth-order valence-corrected chi connectivity index (χ4v) is 1.24. The predicted molar refractivity (Wildman–Crippen MR) is 59.8 cm³/mol. The van der Waals surface area contributed by atoms with Crippen LogP contribution in [0.5, 0.6) is 0 Å². The molecule has 0 saturated carbocycles. The van der Waals surface area contributed by atoms with Crippen LogP contribution in [0.3, 0.4) is 0 Å². The Labute approximate surface area is 95.0 Å². The summed E-state index contributed by atoms with van der Waals surface area (Å²) >= 11 is 0. The largest absolute Gasteiger partial charge is 0.467 e. The van der Waals surface area contributed by atoms with Crippen molar-refractivity contribution in [2.24, 2.45) is 0 Å². The number of rotatable bonds is 6. The lowest BCUT2D eigenvalue weighted by molar-refractivity contribution is -0.128. The Morgan fingerprint density at radius 2 is 2.38 bits per heavy atom. The van der Waals surface area contributed by atoms with E-state index in [4.69, 9.17) is 4.42 Å². The molecule has 1 atom stereocenters. The summed E-state index contributed by atoms with van der Waals surface area (Å²) in [7, 11) is 3.44. The van der Waals surface area contributed by atoms with Crippen LogP contribution in [-0.2, 0) is 4.79 Å². The first-order chi connectivity index (χ1) is 7.61. The molecule has 5 heteroatoms. The average Bonchev–Trinajstić information content (AvgIpc) is 2.76. The van der Waals surface area contributed by atoms with Gasteiger partial charge in [0, 0.05) is 33.6 Å². The molecular weight excluding hydrogens is 208 g/mol. The van der Waals surface area contributed by atoms with Crippen LogP contribution in [0.15, 0.2) is 22.8 Å². The molecule has 1 amide bonds. The molecule has 0 spiro atoms. The lowest BCUT2D eigenvalue weighted by atomic mass is 10.2. The van der Waals surface area contributed by atoms with Crippen molar-refractivity contribution >= 4 is 5.91 Å². The molecule has 1 heterocycles. The summed E-state index contributed by atoms with van der Waals surface area (Å²) in [5.74, 6) is 0.603. The molecule has 0 aliphatic carbocycles. The molecule has 0 bridgehead atoms. The zero-order valence-electron chi connectivity index (χ0n) is 9.64. The Balaban J connectivity index is 2.14. The van der Waals surface area contributed by atoms with Gasteiger partial charge in [0.15, 0.2) is 0 Å². The molecule has 0 aromatic carbocycles. The van der Waals surface area contributed by atoms with E-state index in [1.165, 1.54) is 6.26 Å². The van der Waals surface area contributed by atoms with E-state index in [0.717, 1.165) is 0 Å². The van der Waals surface area contributed by atoms with Gasteiger partial charge in [-0.2, -0.15) is 0 Å². The molecule has 1 aromatic heterocycles. The molecule has 0 aliphatic heterocycles. The van der Waals surface area contributed by atoms with Crippen LogP contribution in [0.25, 0.3) is 0 Å². The second-order valence-corrected chi connectivity index (χ2v) is 3.77. The van der Waals surface area contributed by atoms with Gasteiger partial charge in [0.2, 0.25) is 5.91 Å². The summed E-state index contributed by atoms with van der Waals surface area (Å²) in [6.45, 7) is 0.934. The lowest BCUT2D eigenvalue weighted by Gasteiger charge is -2.12. The van der Waals surface area contributed by atoms with Gasteiger partial charge in [-0.3, -0.25) is 4.79 Å². The van der Waals surface area contributed by atoms with Crippen LogP contribution in [0.4, 0.5) is 0 Å². The topological polar surface area (TPSA) is 65.7 Å². The van der Waals surface area contributed by atoms with Crippen molar-refractivity contribution in [2.45, 2.75) is 12.5 Å². The smallest absolute Gasteiger partial charge is 0.223 e. The number of nitrogens with zero attached hydrogens (tertiary/aromatic N) is 1. The van der Waals surface area contributed by atoms with Crippen LogP contribution in [0.2, 0.25) is 0 Å². The number of nitrogens with one attached hydrogen (secondary N) is 1. The van der Waals surface area contributed by atoms with Crippen molar-refractivity contribution in [3.8, 4) is 0 Å². The highest BCUT2D eigenvalue weighted by molar-refractivity contribution is 5.75. The fraction of sp³-hybridized carbons (Fsp3) is 0.545. The van der Waals surface area contributed by atoms with E-state index in [9.17, 15) is 9.90 Å². The van der Waals surface area contributed by atoms with Crippen molar-refractivity contribution < 1.29 is 14.3 Å². The van der Waals surface area contributed by atoms with E-state index in [1.807, 2.05) is 0 Å². The first kappa shape index (κ1) is 12.7. The summed E-state index contributed by atoms with van der Waals surface area (Å²) in [4.78, 5) is 12.8. The zero-order chi connectivity index (χ0) is 12.0. The molecular formula is C11H18N2O3. The monoisotopic (exact) mass is 226 g/mol. The van der Waals surface area contributed by atoms with Crippen molar-refractivity contribution in [3.63, 3.8) is 0 Å². The molecule has 90 valence electrons. The molecule has 0 aliphatic rings. The van der Waals surface area contributed by atoms with E-state index >= 15 is 0 Å². The van der Waals surface area contributed by atoms with Gasteiger partial charge in [-0.15, -0.1) is 0 Å². The highest BCUT2D eigenvalue weighted by Gasteiger charge is 2.09. The maximum Gasteiger partial charge on any atom is 0.223 e. The first-order valence-corrected chi connectivity index (χ1v) is 5.23. The lowest BCUT2D eigenvalue weighted by Crippen LogP contribution is -2.28. The fourth-order valence-electron chi connectivity index (χ4n) is 1.24. The minimum absolute atomic E-state index is 0.0694. The van der Waals surface area contributed by atoms with E-state index < -0.39 is 6.10 Å². The number of hydrogen-bond acceptors (Lipinski definition) is 4. The van der Waals surface area contributed by atoms with Crippen molar-refractivity contribution in [1.82, 2.24) is 10.2 Å². The Bertz CT molecular complexity index is 309. The summed E-state index contributed by atoms with van der Waals surface area (Å²) in [5, 5.41) is 12.6. The summed E-state index contributed by atoms with van der Waals surface area (Å²) in [6.07, 6.45) is 1.29. The maximum atomic E-state index is 11.2. The third-order valence-electron chi connectivity index (χ3n) is 2.22. The molecule has 16 heavy (non-hydrogen) atoms. The average molecular weight is 226 g/mol. The third kappa shape index (κ3) is 4.04. The highest BCUT2D eigenvalue weighted by Crippen LogP contribution is 2.11. The Hall–Kier alpha value is -1.33. The van der Waals surface area contributed by atoms with Crippen LogP contribution in [0, 0.1) is 0 Å². The van der Waals surface area contributed by atoms with Crippen molar-refractivity contribution in [1.29, 1.82) is 0 Å². The number of carbonyl (C=O) groups is 1. The molecule has 0 radical (unpaired) electrons. The number of aliphatic hydroxyl groups excluding tert-OH is 1. The zero-order valence-corrected chi connectivity index (χ0v) is 9.64. The van der Waals surface area contributed by atoms with Crippen LogP contribution in [0.1, 0.15) is 18.3 Å². The van der Waals surface area contributed by atoms with Gasteiger partial charge < -0.3 is 19.7 Å². The minimum Gasteiger partial charge on any atom is -0.467 e. The summed E-state index contributed by atoms with van der Waals surface area (Å²) in [6, 6.07) is 3.45. The molecule has 1 unspecified atom stereocenters. The maximum absolute atomic E-state index is 11.2. The van der Waals surface area contributed by atoms with E-state index in [2.05, 4.69) is 5.32 Å². The SMILES string of the molecule is CN(C)C(=O)CCNCC(O)c1ccco1. The molecule has 2 N–H and O–H groups in total. The van der Waals surface area contributed by atoms with E-state index in [1.54, 1.807) is 31.1 Å². The standard InChI is InChI=1S/C11H18N2O3/c1-13(2)11(15)5-6-12-8-9(14)10-4-3-7-16-10/h3-4,7,9,12,14H,5-6,8H2,1-2H3. The number of aliphatic hydroxyl groups is 1. The minimum atomic E-state index is -0.663. The summed E-state index contributed by atoms with van der Waals surface area (Å²) < 4.78 is 5.05. The molecule has 1 rings (SSSR count). The Kier molecular flexibility index (Phi) is 5.01. The molecule has 5 nitrogen and oxygen atoms in total. The van der Waals surface area contributed by atoms with Gasteiger partial charge >= 0.3 is 0 Å². The van der Waals surface area contributed by atoms with Gasteiger partial charge in [0.25, 0.3) is 0 Å². The molecule has 0 fully saturated rings. The number of amides is 1. The number of furan rings is 1. The second-order valence-electron chi connectivity index (χ2n) is 3.77. The van der Waals surface area contributed by atoms with Gasteiger partial charge in [-0.1, -0.05) is 0 Å². The van der Waals surface area contributed by atoms with Gasteiger partial charge in [-0.05, 0) is 12.1 Å². The van der Waals surface area contributed by atoms with Gasteiger partial charge in [-0.25, -0.2) is 0 Å². The Morgan fingerprint density at radius 1 is 1.62 bits per heavy atom. The van der Waals surface area contributed by atoms with Crippen LogP contribution < -0.4 is 5.32 Å². The van der Waals surface area contributed by atoms with Crippen molar-refractivity contribution in [2.75, 3.05) is 27.2 Å². The second kappa shape index (κ2) is 6.30.